The Morgan fingerprint density at radius 2 is 0.453 bits per heavy atom. The minimum Gasteiger partial charge on any atom is -0.463 e. The lowest BCUT2D eigenvalue weighted by atomic mass is 10.0. The molecule has 0 fully saturated rings. The molecule has 674 valence electrons. The van der Waals surface area contributed by atoms with Crippen LogP contribution in [0, 0.1) is 0 Å². The zero-order valence-electron chi connectivity index (χ0n) is 74.3. The van der Waals surface area contributed by atoms with Crippen molar-refractivity contribution in [1.82, 2.24) is 0 Å². The molecule has 0 saturated heterocycles. The molecule has 0 amide bonds. The van der Waals surface area contributed by atoms with Crippen LogP contribution in [0.3, 0.4) is 0 Å². The largest absolute Gasteiger partial charge is 0.472 e. The van der Waals surface area contributed by atoms with E-state index in [0.717, 1.165) is 154 Å². The zero-order chi connectivity index (χ0) is 85.1. The van der Waals surface area contributed by atoms with Gasteiger partial charge < -0.3 is 34.2 Å². The van der Waals surface area contributed by atoms with Crippen LogP contribution in [0.25, 0.3) is 0 Å². The highest BCUT2D eigenvalue weighted by molar-refractivity contribution is 7.47. The first-order valence-corrected chi connectivity index (χ1v) is 50.1. The van der Waals surface area contributed by atoms with E-state index in [-0.39, 0.29) is 19.3 Å². The molecule has 0 aromatic heterocycles. The summed E-state index contributed by atoms with van der Waals surface area (Å²) >= 11 is 0. The number of carbonyl (C=O) groups is 3. The SMILES string of the molecule is CC/C=C\C/C=C\C/C=C\C/C=C\C/C=C\C/C=C\CCCCCCCCCCCCCCCCC(=O)OCC(COP(=O)(O)OCC(O)COP(=O)(O)OCC(O)COC(=O)CCCCCCCCCCCCCCCCCCCCC/C=C\C/C=C\C/C=C\C/C=C\C/C=C\CC)OC(=O)CCCCCCC/C=C\CCCCCC. The lowest BCUT2D eigenvalue weighted by molar-refractivity contribution is -0.161. The molecule has 0 aromatic rings. The van der Waals surface area contributed by atoms with Gasteiger partial charge in [-0.2, -0.15) is 0 Å². The van der Waals surface area contributed by atoms with E-state index < -0.39 is 91.5 Å². The van der Waals surface area contributed by atoms with Gasteiger partial charge in [0, 0.05) is 19.3 Å². The second kappa shape index (κ2) is 90.7. The second-order valence-electron chi connectivity index (χ2n) is 31.4. The molecule has 0 spiro atoms. The van der Waals surface area contributed by atoms with Crippen molar-refractivity contribution in [1.29, 1.82) is 0 Å². The molecule has 117 heavy (non-hydrogen) atoms. The van der Waals surface area contributed by atoms with Gasteiger partial charge in [0.25, 0.3) is 0 Å². The molecule has 4 N–H and O–H groups in total. The number of aliphatic hydroxyl groups excluding tert-OH is 2. The number of ether oxygens (including phenoxy) is 3. The topological polar surface area (TPSA) is 231 Å². The number of carbonyl (C=O) groups excluding carboxylic acids is 3. The normalized spacial score (nSPS) is 14.4. The van der Waals surface area contributed by atoms with Crippen molar-refractivity contribution in [2.24, 2.45) is 0 Å². The molecule has 16 nitrogen and oxygen atoms in total. The van der Waals surface area contributed by atoms with E-state index in [2.05, 4.69) is 167 Å². The summed E-state index contributed by atoms with van der Waals surface area (Å²) in [5.74, 6) is -1.57. The fourth-order valence-electron chi connectivity index (χ4n) is 13.0. The maximum Gasteiger partial charge on any atom is 0.472 e. The summed E-state index contributed by atoms with van der Waals surface area (Å²) in [4.78, 5) is 58.9. The monoisotopic (exact) mass is 1680 g/mol. The fourth-order valence-corrected chi connectivity index (χ4v) is 14.5. The zero-order valence-corrected chi connectivity index (χ0v) is 76.1. The van der Waals surface area contributed by atoms with E-state index in [9.17, 15) is 43.5 Å². The first kappa shape index (κ1) is 112. The molecule has 0 rings (SSSR count). The van der Waals surface area contributed by atoms with Crippen molar-refractivity contribution in [2.75, 3.05) is 39.6 Å². The Kier molecular flexibility index (Phi) is 87.1. The van der Waals surface area contributed by atoms with E-state index in [4.69, 9.17) is 32.3 Å². The number of phosphoric ester groups is 2. The third-order valence-electron chi connectivity index (χ3n) is 20.0. The van der Waals surface area contributed by atoms with Crippen molar-refractivity contribution < 1.29 is 75.8 Å². The van der Waals surface area contributed by atoms with Gasteiger partial charge in [0.05, 0.1) is 26.4 Å². The smallest absolute Gasteiger partial charge is 0.463 e. The first-order chi connectivity index (χ1) is 57.2. The molecule has 0 radical (unpaired) electrons. The number of unbranched alkanes of at least 4 members (excludes halogenated alkanes) is 42. The van der Waals surface area contributed by atoms with Crippen molar-refractivity contribution in [3.63, 3.8) is 0 Å². The van der Waals surface area contributed by atoms with Crippen LogP contribution >= 0.6 is 15.6 Å². The van der Waals surface area contributed by atoms with E-state index in [1.54, 1.807) is 0 Å². The Morgan fingerprint density at radius 3 is 0.726 bits per heavy atom. The van der Waals surface area contributed by atoms with Crippen LogP contribution in [-0.4, -0.2) is 95.9 Å². The van der Waals surface area contributed by atoms with Gasteiger partial charge >= 0.3 is 33.6 Å². The van der Waals surface area contributed by atoms with Crippen molar-refractivity contribution in [2.45, 2.75) is 424 Å². The summed E-state index contributed by atoms with van der Waals surface area (Å²) in [5.41, 5.74) is 0. The molecule has 0 saturated carbocycles. The highest BCUT2D eigenvalue weighted by Gasteiger charge is 2.30. The highest BCUT2D eigenvalue weighted by atomic mass is 31.2. The van der Waals surface area contributed by atoms with Gasteiger partial charge in [-0.25, -0.2) is 9.13 Å². The predicted octanol–water partition coefficient (Wildman–Crippen LogP) is 29.1. The molecule has 0 heterocycles. The minimum atomic E-state index is -4.94. The lowest BCUT2D eigenvalue weighted by Gasteiger charge is -2.21. The molecule has 0 aliphatic carbocycles. The van der Waals surface area contributed by atoms with Crippen molar-refractivity contribution in [3.8, 4) is 0 Å². The summed E-state index contributed by atoms with van der Waals surface area (Å²) < 4.78 is 61.4. The van der Waals surface area contributed by atoms with E-state index in [1.807, 2.05) is 0 Å². The lowest BCUT2D eigenvalue weighted by Crippen LogP contribution is -2.30. The maximum atomic E-state index is 13.0. The molecule has 18 heteroatoms. The highest BCUT2D eigenvalue weighted by Crippen LogP contribution is 2.45. The van der Waals surface area contributed by atoms with Crippen LogP contribution in [0.4, 0.5) is 0 Å². The van der Waals surface area contributed by atoms with Gasteiger partial charge in [-0.15, -0.1) is 0 Å². The van der Waals surface area contributed by atoms with Crippen LogP contribution in [0.1, 0.15) is 406 Å². The predicted molar refractivity (Wildman–Crippen MR) is 491 cm³/mol. The molecule has 5 unspecified atom stereocenters. The number of allylic oxidation sites excluding steroid dienone is 24. The Hall–Kier alpha value is -4.57. The molecule has 5 atom stereocenters. The molecular weight excluding hydrogens is 1510 g/mol. The molecule has 0 bridgehead atoms. The first-order valence-electron chi connectivity index (χ1n) is 47.1. The quantitative estimate of drug-likeness (QED) is 0.0146. The fraction of sp³-hybridized carbons (Fsp3) is 0.727. The molecular formula is C99H172O16P2. The van der Waals surface area contributed by atoms with Gasteiger partial charge in [0.2, 0.25) is 0 Å². The van der Waals surface area contributed by atoms with Gasteiger partial charge in [-0.05, 0) is 141 Å². The van der Waals surface area contributed by atoms with Gasteiger partial charge in [-0.3, -0.25) is 32.5 Å². The van der Waals surface area contributed by atoms with Gasteiger partial charge in [0.1, 0.15) is 25.4 Å². The van der Waals surface area contributed by atoms with Crippen LogP contribution in [0.15, 0.2) is 146 Å². The Balaban J connectivity index is 4.37. The summed E-state index contributed by atoms with van der Waals surface area (Å²) in [6, 6.07) is 0. The number of phosphoric acid groups is 2. The summed E-state index contributed by atoms with van der Waals surface area (Å²) in [6.45, 7) is 2.48. The van der Waals surface area contributed by atoms with Crippen LogP contribution in [0.2, 0.25) is 0 Å². The van der Waals surface area contributed by atoms with Crippen molar-refractivity contribution >= 4 is 33.6 Å². The number of aliphatic hydroxyl groups is 2. The molecule has 0 aliphatic rings. The van der Waals surface area contributed by atoms with E-state index >= 15 is 0 Å². The number of esters is 3. The van der Waals surface area contributed by atoms with E-state index in [0.29, 0.717) is 19.3 Å². The Bertz CT molecular complexity index is 2710. The average Bonchev–Trinajstić information content (AvgIpc) is 0.898. The van der Waals surface area contributed by atoms with E-state index in [1.165, 1.54) is 193 Å². The third kappa shape index (κ3) is 92.0. The Labute approximate surface area is 715 Å². The van der Waals surface area contributed by atoms with Crippen LogP contribution < -0.4 is 0 Å². The standard InChI is InChI=1S/C99H172O16P2/c1-4-7-10-13-16-19-22-25-27-29-31-33-35-37-39-41-43-45-46-48-50-51-53-55-57-59-61-63-65-68-70-73-76-79-82-85-97(102)109-88-94(100)89-111-116(105,106)112-90-95(101)91-113-117(107,108)114-93-96(115-99(104)87-84-81-78-75-72-67-24-21-18-15-12-9-6-3)92-110-98(103)86-83-80-77-74-71-69-66-64-62-60-58-56-54-52-49-47-44-42-40-38-36-34-32-30-28-26-23-20-17-14-11-8-5-2/h7-8,10-11,16-17,19-21,24-28,31-34,37-40,44,47,94-96,100-101H,4-6,9,12-15,18,22-23,29-30,35-36,41-43,45-46,48-93H2,1-3H3,(H,105,106)(H,107,108)/b10-7-,11-8-,19-16-,20-17-,24-21-,27-25-,28-26-,33-31-,34-32-,39-37-,40-38-,47-44-. The van der Waals surface area contributed by atoms with Gasteiger partial charge in [-0.1, -0.05) is 391 Å². The van der Waals surface area contributed by atoms with Crippen LogP contribution in [0.5, 0.6) is 0 Å². The summed E-state index contributed by atoms with van der Waals surface area (Å²) in [6.07, 6.45) is 115. The van der Waals surface area contributed by atoms with Crippen molar-refractivity contribution in [3.05, 3.63) is 146 Å². The molecule has 0 aromatic carbocycles. The molecule has 0 aliphatic heterocycles. The maximum absolute atomic E-state index is 13.0. The number of rotatable bonds is 89. The summed E-state index contributed by atoms with van der Waals surface area (Å²) in [7, 11) is -9.80. The Morgan fingerprint density at radius 1 is 0.248 bits per heavy atom. The average molecular weight is 1680 g/mol. The van der Waals surface area contributed by atoms with Crippen LogP contribution in [-0.2, 0) is 55.8 Å². The third-order valence-corrected chi connectivity index (χ3v) is 21.9. The number of hydrogen-bond acceptors (Lipinski definition) is 14. The van der Waals surface area contributed by atoms with Gasteiger partial charge in [0.15, 0.2) is 6.10 Å². The summed E-state index contributed by atoms with van der Waals surface area (Å²) in [5, 5.41) is 20.7. The second-order valence-corrected chi connectivity index (χ2v) is 34.3. The minimum absolute atomic E-state index is 0.0945. The number of hydrogen-bond donors (Lipinski definition) is 4.